The molecule has 10 nitrogen and oxygen atoms in total. The van der Waals surface area contributed by atoms with E-state index in [2.05, 4.69) is 25.9 Å². The van der Waals surface area contributed by atoms with Crippen molar-refractivity contribution < 1.29 is 14.0 Å². The van der Waals surface area contributed by atoms with E-state index in [0.717, 1.165) is 30.2 Å². The lowest BCUT2D eigenvalue weighted by molar-refractivity contribution is -0.124. The van der Waals surface area contributed by atoms with Gasteiger partial charge in [-0.3, -0.25) is 14.3 Å². The number of aryl methyl sites for hydroxylation is 1. The minimum absolute atomic E-state index is 0.0538. The van der Waals surface area contributed by atoms with Crippen molar-refractivity contribution in [1.82, 2.24) is 30.6 Å². The summed E-state index contributed by atoms with van der Waals surface area (Å²) >= 11 is 4.98. The molecule has 0 spiro atoms. The number of rotatable bonds is 8. The van der Waals surface area contributed by atoms with Crippen molar-refractivity contribution in [3.63, 3.8) is 0 Å². The topological polar surface area (TPSA) is 144 Å². The molecule has 1 aliphatic rings. The minimum Gasteiger partial charge on any atom is -0.414 e. The first kappa shape index (κ1) is 22.2. The number of aromatic nitrogens is 4. The molecule has 11 heteroatoms. The number of fused-ring (bicyclic) bond motifs is 1. The number of nitrogens with zero attached hydrogens (tertiary/aromatic N) is 3. The predicted octanol–water partition coefficient (Wildman–Crippen LogP) is 1.91. The lowest BCUT2D eigenvalue weighted by atomic mass is 10.0. The summed E-state index contributed by atoms with van der Waals surface area (Å²) in [7, 11) is 1.82. The van der Waals surface area contributed by atoms with E-state index >= 15 is 0 Å². The molecule has 0 saturated heterocycles. The van der Waals surface area contributed by atoms with Crippen LogP contribution in [0.15, 0.2) is 28.8 Å². The van der Waals surface area contributed by atoms with Crippen molar-refractivity contribution in [2.45, 2.75) is 50.1 Å². The number of nitrogens with two attached hydrogens (primary N) is 1. The van der Waals surface area contributed by atoms with Crippen LogP contribution in [0.5, 0.6) is 0 Å². The molecule has 2 heterocycles. The Balaban J connectivity index is 1.49. The monoisotopic (exact) mass is 457 g/mol. The number of aromatic amines is 1. The summed E-state index contributed by atoms with van der Waals surface area (Å²) in [4.78, 5) is 26.4. The van der Waals surface area contributed by atoms with Gasteiger partial charge in [0.2, 0.25) is 11.8 Å². The molecule has 0 aliphatic heterocycles. The molecule has 5 N–H and O–H groups in total. The fraction of sp³-hybridized carbons (Fsp3) is 0.476. The van der Waals surface area contributed by atoms with Crippen molar-refractivity contribution in [1.29, 1.82) is 0 Å². The van der Waals surface area contributed by atoms with Crippen LogP contribution in [-0.2, 0) is 11.8 Å². The second kappa shape index (κ2) is 9.61. The molecule has 3 atom stereocenters. The Morgan fingerprint density at radius 1 is 1.41 bits per heavy atom. The molecule has 4 rings (SSSR count). The molecule has 3 aromatic rings. The van der Waals surface area contributed by atoms with Gasteiger partial charge in [0.1, 0.15) is 6.04 Å². The Labute approximate surface area is 189 Å². The highest BCUT2D eigenvalue weighted by Gasteiger charge is 2.35. The van der Waals surface area contributed by atoms with Gasteiger partial charge < -0.3 is 20.8 Å². The van der Waals surface area contributed by atoms with E-state index in [1.54, 1.807) is 23.0 Å². The number of nitrogens with one attached hydrogen (secondary N) is 3. The molecule has 1 fully saturated rings. The van der Waals surface area contributed by atoms with Gasteiger partial charge in [0.05, 0.1) is 23.2 Å². The summed E-state index contributed by atoms with van der Waals surface area (Å²) in [5.74, 6) is -0.108. The highest BCUT2D eigenvalue weighted by molar-refractivity contribution is 7.71. The lowest BCUT2D eigenvalue weighted by Crippen LogP contribution is -2.50. The number of hydrogen-bond donors (Lipinski definition) is 4. The quantitative estimate of drug-likeness (QED) is 0.378. The minimum atomic E-state index is -0.704. The summed E-state index contributed by atoms with van der Waals surface area (Å²) in [6, 6.07) is 4.59. The van der Waals surface area contributed by atoms with Crippen molar-refractivity contribution >= 4 is 34.9 Å². The average molecular weight is 458 g/mol. The van der Waals surface area contributed by atoms with Gasteiger partial charge in [0.25, 0.3) is 10.7 Å². The Bertz CT molecular complexity index is 1170. The van der Waals surface area contributed by atoms with E-state index in [1.165, 1.54) is 0 Å². The maximum absolute atomic E-state index is 13.2. The Morgan fingerprint density at radius 3 is 3.00 bits per heavy atom. The molecule has 0 bridgehead atoms. The fourth-order valence-electron chi connectivity index (χ4n) is 4.31. The first-order valence-electron chi connectivity index (χ1n) is 10.8. The second-order valence-electron chi connectivity index (χ2n) is 8.07. The van der Waals surface area contributed by atoms with Crippen LogP contribution in [0.25, 0.3) is 10.9 Å². The molecular formula is C21H27N7O3S. The average Bonchev–Trinajstić information content (AvgIpc) is 3.51. The van der Waals surface area contributed by atoms with Crippen molar-refractivity contribution in [2.75, 3.05) is 6.54 Å². The SMILES string of the molecule is Cn1ncc2c(C(=O)N[C@@H](CCCN)C(=O)NC3CCC[C@H]3c3n[nH]c(=S)o3)cccc21. The van der Waals surface area contributed by atoms with E-state index < -0.39 is 6.04 Å². The van der Waals surface area contributed by atoms with Crippen molar-refractivity contribution in [3.8, 4) is 0 Å². The van der Waals surface area contributed by atoms with Crippen LogP contribution in [0.2, 0.25) is 0 Å². The molecule has 1 unspecified atom stereocenters. The Kier molecular flexibility index (Phi) is 6.66. The van der Waals surface area contributed by atoms with E-state index in [4.69, 9.17) is 22.4 Å². The Hall–Kier alpha value is -3.05. The van der Waals surface area contributed by atoms with Gasteiger partial charge >= 0.3 is 0 Å². The smallest absolute Gasteiger partial charge is 0.284 e. The van der Waals surface area contributed by atoms with E-state index in [9.17, 15) is 9.59 Å². The summed E-state index contributed by atoms with van der Waals surface area (Å²) in [5, 5.41) is 17.7. The zero-order valence-corrected chi connectivity index (χ0v) is 18.7. The van der Waals surface area contributed by atoms with Gasteiger partial charge in [-0.15, -0.1) is 5.10 Å². The van der Waals surface area contributed by atoms with E-state index in [0.29, 0.717) is 30.8 Å². The van der Waals surface area contributed by atoms with E-state index in [-0.39, 0.29) is 28.6 Å². The van der Waals surface area contributed by atoms with Gasteiger partial charge in [-0.1, -0.05) is 12.5 Å². The first-order valence-corrected chi connectivity index (χ1v) is 11.2. The van der Waals surface area contributed by atoms with Crippen LogP contribution in [0.4, 0.5) is 0 Å². The molecular weight excluding hydrogens is 430 g/mol. The number of hydrogen-bond acceptors (Lipinski definition) is 7. The largest absolute Gasteiger partial charge is 0.414 e. The molecule has 2 aromatic heterocycles. The van der Waals surface area contributed by atoms with Gasteiger partial charge in [-0.25, -0.2) is 5.10 Å². The maximum Gasteiger partial charge on any atom is 0.284 e. The van der Waals surface area contributed by atoms with Crippen LogP contribution in [0.3, 0.4) is 0 Å². The number of carbonyl (C=O) groups is 2. The molecule has 1 aliphatic carbocycles. The summed E-state index contributed by atoms with van der Waals surface area (Å²) in [5.41, 5.74) is 7.00. The fourth-order valence-corrected chi connectivity index (χ4v) is 4.44. The molecule has 2 amide bonds. The van der Waals surface area contributed by atoms with Gasteiger partial charge in [0.15, 0.2) is 0 Å². The lowest BCUT2D eigenvalue weighted by Gasteiger charge is -2.23. The molecule has 1 aromatic carbocycles. The molecule has 170 valence electrons. The van der Waals surface area contributed by atoms with Gasteiger partial charge in [0, 0.05) is 18.5 Å². The number of carbonyl (C=O) groups excluding carboxylic acids is 2. The summed E-state index contributed by atoms with van der Waals surface area (Å²) in [6.45, 7) is 0.428. The van der Waals surface area contributed by atoms with Crippen LogP contribution < -0.4 is 16.4 Å². The molecule has 32 heavy (non-hydrogen) atoms. The number of H-pyrrole nitrogens is 1. The predicted molar refractivity (Wildman–Crippen MR) is 120 cm³/mol. The standard InChI is InChI=1S/C21H27N7O3S/c1-28-17-9-3-5-12(14(17)11-23-28)18(29)25-16(8-4-10-22)19(30)24-15-7-2-6-13(15)20-26-27-21(32)31-20/h3,5,9,11,13,15-16H,2,4,6-8,10,22H2,1H3,(H,24,30)(H,25,29)(H,27,32)/t13-,15?,16+/m1/s1. The van der Waals surface area contributed by atoms with Crippen LogP contribution in [-0.4, -0.2) is 50.4 Å². The normalized spacial score (nSPS) is 19.2. The second-order valence-corrected chi connectivity index (χ2v) is 8.44. The highest BCUT2D eigenvalue weighted by Crippen LogP contribution is 2.33. The summed E-state index contributed by atoms with van der Waals surface area (Å²) < 4.78 is 7.18. The number of amides is 2. The third-order valence-electron chi connectivity index (χ3n) is 5.97. The highest BCUT2D eigenvalue weighted by atomic mass is 32.1. The van der Waals surface area contributed by atoms with Crippen molar-refractivity contribution in [2.24, 2.45) is 12.8 Å². The van der Waals surface area contributed by atoms with Crippen LogP contribution >= 0.6 is 12.2 Å². The molecule has 0 radical (unpaired) electrons. The summed E-state index contributed by atoms with van der Waals surface area (Å²) in [6.07, 6.45) is 5.29. The third kappa shape index (κ3) is 4.58. The van der Waals surface area contributed by atoms with E-state index in [1.807, 2.05) is 13.1 Å². The zero-order valence-electron chi connectivity index (χ0n) is 17.8. The van der Waals surface area contributed by atoms with Gasteiger partial charge in [-0.2, -0.15) is 5.10 Å². The van der Waals surface area contributed by atoms with Crippen molar-refractivity contribution in [3.05, 3.63) is 40.7 Å². The number of benzene rings is 1. The Morgan fingerprint density at radius 2 is 2.25 bits per heavy atom. The maximum atomic E-state index is 13.2. The zero-order chi connectivity index (χ0) is 22.7. The third-order valence-corrected chi connectivity index (χ3v) is 6.15. The van der Waals surface area contributed by atoms with Crippen LogP contribution in [0, 0.1) is 4.84 Å². The van der Waals surface area contributed by atoms with Gasteiger partial charge in [-0.05, 0) is 56.6 Å². The first-order chi connectivity index (χ1) is 15.5. The van der Waals surface area contributed by atoms with Crippen LogP contribution in [0.1, 0.15) is 54.3 Å². The molecule has 1 saturated carbocycles.